The Balaban J connectivity index is 1.95. The average Bonchev–Trinajstić information content (AvgIpc) is 2.66. The first-order valence-corrected chi connectivity index (χ1v) is 6.46. The molecule has 0 amide bonds. The van der Waals surface area contributed by atoms with Crippen LogP contribution in [-0.4, -0.2) is 6.04 Å². The summed E-state index contributed by atoms with van der Waals surface area (Å²) in [4.78, 5) is 0. The Kier molecular flexibility index (Phi) is 3.21. The Labute approximate surface area is 112 Å². The minimum absolute atomic E-state index is 0.235. The monoisotopic (exact) mass is 271 g/mol. The first-order valence-electron chi connectivity index (χ1n) is 6.46. The highest BCUT2D eigenvalue weighted by Gasteiger charge is 2.64. The molecular formula is C15H20F3N. The number of hydrogen-bond donors (Lipinski definition) is 1. The van der Waals surface area contributed by atoms with Crippen molar-refractivity contribution in [1.29, 1.82) is 0 Å². The third-order valence-corrected chi connectivity index (χ3v) is 4.81. The maximum Gasteiger partial charge on any atom is 0.416 e. The molecule has 1 saturated carbocycles. The molecule has 4 heteroatoms. The van der Waals surface area contributed by atoms with Gasteiger partial charge in [0.25, 0.3) is 0 Å². The quantitative estimate of drug-likeness (QED) is 0.867. The summed E-state index contributed by atoms with van der Waals surface area (Å²) in [5.74, 6) is 0. The van der Waals surface area contributed by atoms with E-state index in [4.69, 9.17) is 0 Å². The Bertz CT molecular complexity index is 443. The number of rotatable bonds is 3. The number of benzene rings is 1. The number of halogens is 3. The van der Waals surface area contributed by atoms with E-state index in [-0.39, 0.29) is 10.8 Å². The van der Waals surface area contributed by atoms with Crippen LogP contribution in [0.5, 0.6) is 0 Å². The van der Waals surface area contributed by atoms with Gasteiger partial charge in [-0.1, -0.05) is 39.8 Å². The first-order chi connectivity index (χ1) is 8.57. The molecule has 1 fully saturated rings. The predicted molar refractivity (Wildman–Crippen MR) is 69.6 cm³/mol. The zero-order valence-corrected chi connectivity index (χ0v) is 11.7. The van der Waals surface area contributed by atoms with Gasteiger partial charge < -0.3 is 5.32 Å². The Hall–Kier alpha value is -1.03. The fraction of sp³-hybridized carbons (Fsp3) is 0.600. The molecule has 1 aromatic rings. The molecule has 0 saturated heterocycles. The van der Waals surface area contributed by atoms with Gasteiger partial charge in [-0.15, -0.1) is 0 Å². The lowest BCUT2D eigenvalue weighted by molar-refractivity contribution is -0.137. The van der Waals surface area contributed by atoms with Crippen LogP contribution in [0.15, 0.2) is 24.3 Å². The van der Waals surface area contributed by atoms with Crippen molar-refractivity contribution in [3.05, 3.63) is 35.4 Å². The van der Waals surface area contributed by atoms with Gasteiger partial charge in [0.1, 0.15) is 0 Å². The molecule has 1 N–H and O–H groups in total. The zero-order valence-electron chi connectivity index (χ0n) is 11.7. The van der Waals surface area contributed by atoms with Crippen molar-refractivity contribution < 1.29 is 13.2 Å². The van der Waals surface area contributed by atoms with Crippen LogP contribution in [0.25, 0.3) is 0 Å². The number of alkyl halides is 3. The molecule has 0 unspecified atom stereocenters. The summed E-state index contributed by atoms with van der Waals surface area (Å²) < 4.78 is 37.3. The average molecular weight is 271 g/mol. The van der Waals surface area contributed by atoms with Crippen molar-refractivity contribution in [2.24, 2.45) is 10.8 Å². The van der Waals surface area contributed by atoms with E-state index in [1.165, 1.54) is 12.1 Å². The lowest BCUT2D eigenvalue weighted by atomic mass is 10.0. The highest BCUT2D eigenvalue weighted by atomic mass is 19.4. The Morgan fingerprint density at radius 3 is 1.84 bits per heavy atom. The van der Waals surface area contributed by atoms with Gasteiger partial charge in [0.15, 0.2) is 0 Å². The maximum atomic E-state index is 12.4. The number of nitrogens with one attached hydrogen (secondary N) is 1. The third-order valence-electron chi connectivity index (χ3n) is 4.81. The second-order valence-corrected chi connectivity index (χ2v) is 6.45. The second kappa shape index (κ2) is 4.23. The van der Waals surface area contributed by atoms with Crippen LogP contribution in [0.4, 0.5) is 13.2 Å². The predicted octanol–water partition coefficient (Wildman–Crippen LogP) is 4.23. The van der Waals surface area contributed by atoms with Crippen LogP contribution in [-0.2, 0) is 12.7 Å². The summed E-state index contributed by atoms with van der Waals surface area (Å²) in [6.45, 7) is 9.43. The summed E-state index contributed by atoms with van der Waals surface area (Å²) in [6, 6.07) is 5.76. The van der Waals surface area contributed by atoms with E-state index in [2.05, 4.69) is 33.0 Å². The van der Waals surface area contributed by atoms with Gasteiger partial charge >= 0.3 is 6.18 Å². The molecular weight excluding hydrogens is 251 g/mol. The van der Waals surface area contributed by atoms with Gasteiger partial charge in [-0.2, -0.15) is 13.2 Å². The summed E-state index contributed by atoms with van der Waals surface area (Å²) in [7, 11) is 0. The standard InChI is InChI=1S/C15H20F3N/c1-13(2)12(14(13,3)4)19-9-10-5-7-11(8-6-10)15(16,17)18/h5-8,12,19H,9H2,1-4H3. The molecule has 1 aliphatic carbocycles. The van der Waals surface area contributed by atoms with Gasteiger partial charge in [0.05, 0.1) is 5.56 Å². The Morgan fingerprint density at radius 1 is 1.00 bits per heavy atom. The molecule has 1 aliphatic rings. The van der Waals surface area contributed by atoms with Gasteiger partial charge in [-0.05, 0) is 28.5 Å². The molecule has 0 radical (unpaired) electrons. The van der Waals surface area contributed by atoms with E-state index in [0.29, 0.717) is 12.6 Å². The summed E-state index contributed by atoms with van der Waals surface area (Å²) in [6.07, 6.45) is -4.26. The molecule has 0 heterocycles. The van der Waals surface area contributed by atoms with Crippen LogP contribution < -0.4 is 5.32 Å². The van der Waals surface area contributed by atoms with E-state index in [9.17, 15) is 13.2 Å². The maximum absolute atomic E-state index is 12.4. The van der Waals surface area contributed by atoms with Crippen LogP contribution in [0.2, 0.25) is 0 Å². The fourth-order valence-electron chi connectivity index (χ4n) is 2.74. The van der Waals surface area contributed by atoms with Gasteiger partial charge in [-0.25, -0.2) is 0 Å². The molecule has 0 aliphatic heterocycles. The smallest absolute Gasteiger partial charge is 0.309 e. The molecule has 2 rings (SSSR count). The topological polar surface area (TPSA) is 12.0 Å². The number of hydrogen-bond acceptors (Lipinski definition) is 1. The van der Waals surface area contributed by atoms with Crippen LogP contribution in [0.3, 0.4) is 0 Å². The minimum atomic E-state index is -4.26. The van der Waals surface area contributed by atoms with E-state index < -0.39 is 11.7 Å². The molecule has 1 nitrogen and oxygen atoms in total. The van der Waals surface area contributed by atoms with Crippen LogP contribution in [0, 0.1) is 10.8 Å². The largest absolute Gasteiger partial charge is 0.416 e. The van der Waals surface area contributed by atoms with Gasteiger partial charge in [-0.3, -0.25) is 0 Å². The molecule has 0 bridgehead atoms. The van der Waals surface area contributed by atoms with E-state index in [0.717, 1.165) is 17.7 Å². The lowest BCUT2D eigenvalue weighted by Crippen LogP contribution is -2.21. The summed E-state index contributed by atoms with van der Waals surface area (Å²) >= 11 is 0. The summed E-state index contributed by atoms with van der Waals surface area (Å²) in [5.41, 5.74) is 0.757. The van der Waals surface area contributed by atoms with Crippen molar-refractivity contribution in [1.82, 2.24) is 5.32 Å². The van der Waals surface area contributed by atoms with Crippen molar-refractivity contribution in [2.75, 3.05) is 0 Å². The summed E-state index contributed by atoms with van der Waals surface area (Å²) in [5, 5.41) is 3.43. The zero-order chi connectivity index (χ0) is 14.5. The normalized spacial score (nSPS) is 21.4. The molecule has 0 spiro atoms. The molecule has 1 aromatic carbocycles. The van der Waals surface area contributed by atoms with Gasteiger partial charge in [0, 0.05) is 12.6 Å². The Morgan fingerprint density at radius 2 is 1.47 bits per heavy atom. The van der Waals surface area contributed by atoms with Crippen molar-refractivity contribution in [3.8, 4) is 0 Å². The minimum Gasteiger partial charge on any atom is -0.309 e. The second-order valence-electron chi connectivity index (χ2n) is 6.45. The molecule has 0 aromatic heterocycles. The fourth-order valence-corrected chi connectivity index (χ4v) is 2.74. The first kappa shape index (κ1) is 14.4. The SMILES string of the molecule is CC1(C)C(NCc2ccc(C(F)(F)F)cc2)C1(C)C. The molecule has 0 atom stereocenters. The van der Waals surface area contributed by atoms with Crippen molar-refractivity contribution in [2.45, 2.75) is 46.5 Å². The molecule has 19 heavy (non-hydrogen) atoms. The highest BCUT2D eigenvalue weighted by molar-refractivity contribution is 5.25. The van der Waals surface area contributed by atoms with Crippen molar-refractivity contribution >= 4 is 0 Å². The lowest BCUT2D eigenvalue weighted by Gasteiger charge is -2.09. The third kappa shape index (κ3) is 2.50. The van der Waals surface area contributed by atoms with Crippen LogP contribution >= 0.6 is 0 Å². The van der Waals surface area contributed by atoms with E-state index in [1.807, 2.05) is 0 Å². The van der Waals surface area contributed by atoms with E-state index >= 15 is 0 Å². The highest BCUT2D eigenvalue weighted by Crippen LogP contribution is 2.62. The van der Waals surface area contributed by atoms with E-state index in [1.54, 1.807) is 0 Å². The van der Waals surface area contributed by atoms with Gasteiger partial charge in [0.2, 0.25) is 0 Å². The van der Waals surface area contributed by atoms with Crippen LogP contribution in [0.1, 0.15) is 38.8 Å². The molecule has 106 valence electrons. The van der Waals surface area contributed by atoms with Crippen molar-refractivity contribution in [3.63, 3.8) is 0 Å².